The summed E-state index contributed by atoms with van der Waals surface area (Å²) >= 11 is 1.35. The van der Waals surface area contributed by atoms with Gasteiger partial charge in [0.1, 0.15) is 16.3 Å². The maximum absolute atomic E-state index is 13.1. The second-order valence-corrected chi connectivity index (χ2v) is 12.0. The van der Waals surface area contributed by atoms with E-state index in [-0.39, 0.29) is 23.7 Å². The highest BCUT2D eigenvalue weighted by molar-refractivity contribution is 7.15. The Kier molecular flexibility index (Phi) is 8.78. The molecule has 2 fully saturated rings. The van der Waals surface area contributed by atoms with Crippen molar-refractivity contribution >= 4 is 34.8 Å². The van der Waals surface area contributed by atoms with Gasteiger partial charge in [0, 0.05) is 50.1 Å². The summed E-state index contributed by atoms with van der Waals surface area (Å²) in [7, 11) is 0. The van der Waals surface area contributed by atoms with Gasteiger partial charge in [0.15, 0.2) is 0 Å². The molecular weight excluding hydrogens is 569 g/mol. The van der Waals surface area contributed by atoms with Crippen LogP contribution in [0.25, 0.3) is 10.4 Å². The number of halogens is 3. The van der Waals surface area contributed by atoms with Crippen LogP contribution in [0.4, 0.5) is 24.8 Å². The molecule has 0 atom stereocenters. The lowest BCUT2D eigenvalue weighted by Gasteiger charge is -2.34. The number of alkyl halides is 3. The van der Waals surface area contributed by atoms with Gasteiger partial charge in [-0.3, -0.25) is 9.59 Å². The molecule has 3 aromatic rings. The van der Waals surface area contributed by atoms with E-state index >= 15 is 0 Å². The largest absolute Gasteiger partial charge is 0.433 e. The average Bonchev–Trinajstić information content (AvgIpc) is 3.46. The molecule has 0 unspecified atom stereocenters. The number of amides is 2. The molecule has 2 aliphatic rings. The second-order valence-electron chi connectivity index (χ2n) is 10.9. The number of benzene rings is 1. The van der Waals surface area contributed by atoms with Crippen LogP contribution in [0.5, 0.6) is 0 Å². The van der Waals surface area contributed by atoms with Crippen LogP contribution in [0.2, 0.25) is 0 Å². The number of carbonyl (C=O) groups excluding carboxylic acids is 2. The summed E-state index contributed by atoms with van der Waals surface area (Å²) < 4.78 is 39.2. The SMILES string of the molecule is Cc1cc(Nc2nccc(C(F)(F)F)n2)cc(-c2cnc(C3(O)CCC(C(=O)NCCN4CCCCC4=O)CC3)s2)c1. The summed E-state index contributed by atoms with van der Waals surface area (Å²) in [5, 5.41) is 17.8. The molecule has 9 nitrogen and oxygen atoms in total. The molecule has 224 valence electrons. The number of hydrogen-bond donors (Lipinski definition) is 3. The van der Waals surface area contributed by atoms with Gasteiger partial charge in [-0.05, 0) is 74.8 Å². The molecule has 3 N–H and O–H groups in total. The van der Waals surface area contributed by atoms with Crippen molar-refractivity contribution in [3.63, 3.8) is 0 Å². The number of nitrogens with zero attached hydrogens (tertiary/aromatic N) is 4. The van der Waals surface area contributed by atoms with E-state index in [1.54, 1.807) is 23.2 Å². The van der Waals surface area contributed by atoms with Gasteiger partial charge in [-0.25, -0.2) is 15.0 Å². The third-order valence-corrected chi connectivity index (χ3v) is 8.99. The van der Waals surface area contributed by atoms with E-state index < -0.39 is 17.5 Å². The molecule has 3 heterocycles. The van der Waals surface area contributed by atoms with Crippen LogP contribution < -0.4 is 10.6 Å². The zero-order valence-electron chi connectivity index (χ0n) is 23.2. The van der Waals surface area contributed by atoms with Crippen LogP contribution >= 0.6 is 11.3 Å². The summed E-state index contributed by atoms with van der Waals surface area (Å²) in [4.78, 5) is 39.3. The van der Waals surface area contributed by atoms with E-state index in [1.807, 2.05) is 13.0 Å². The van der Waals surface area contributed by atoms with E-state index in [2.05, 4.69) is 25.6 Å². The van der Waals surface area contributed by atoms with E-state index in [0.717, 1.165) is 47.7 Å². The van der Waals surface area contributed by atoms with Crippen molar-refractivity contribution in [3.8, 4) is 10.4 Å². The number of likely N-dealkylation sites (tertiary alicyclic amines) is 1. The number of nitrogens with one attached hydrogen (secondary N) is 2. The summed E-state index contributed by atoms with van der Waals surface area (Å²) in [6.45, 7) is 3.56. The van der Waals surface area contributed by atoms with Crippen molar-refractivity contribution < 1.29 is 27.9 Å². The van der Waals surface area contributed by atoms with Gasteiger partial charge in [0.2, 0.25) is 17.8 Å². The maximum Gasteiger partial charge on any atom is 0.433 e. The first-order valence-corrected chi connectivity index (χ1v) is 14.9. The zero-order valence-corrected chi connectivity index (χ0v) is 24.0. The lowest BCUT2D eigenvalue weighted by atomic mass is 9.78. The fourth-order valence-corrected chi connectivity index (χ4v) is 6.50. The molecule has 0 radical (unpaired) electrons. The van der Waals surface area contributed by atoms with Crippen LogP contribution in [-0.2, 0) is 21.4 Å². The number of anilines is 2. The number of thiazole rings is 1. The van der Waals surface area contributed by atoms with Gasteiger partial charge in [0.05, 0.1) is 4.88 Å². The van der Waals surface area contributed by atoms with Crippen molar-refractivity contribution in [1.29, 1.82) is 0 Å². The molecule has 13 heteroatoms. The maximum atomic E-state index is 13.1. The Balaban J connectivity index is 1.19. The number of aromatic nitrogens is 3. The van der Waals surface area contributed by atoms with Crippen molar-refractivity contribution in [2.75, 3.05) is 25.0 Å². The monoisotopic (exact) mass is 602 g/mol. The molecule has 0 spiro atoms. The van der Waals surface area contributed by atoms with Crippen molar-refractivity contribution in [2.24, 2.45) is 5.92 Å². The summed E-state index contributed by atoms with van der Waals surface area (Å²) in [5.41, 5.74) is 0.00358. The van der Waals surface area contributed by atoms with Gasteiger partial charge in [0.25, 0.3) is 0 Å². The highest BCUT2D eigenvalue weighted by Crippen LogP contribution is 2.43. The standard InChI is InChI=1S/C29H33F3N6O3S/c1-18-14-20(16-21(15-18)36-27-34-10-7-23(37-27)29(30,31)32)22-17-35-26(42-22)28(41)8-5-19(6-9-28)25(40)33-11-13-38-12-3-2-4-24(38)39/h7,10,14-17,19,41H,2-6,8-9,11-13H2,1H3,(H,33,40)(H,34,36,37). The fraction of sp³-hybridized carbons (Fsp3) is 0.483. The van der Waals surface area contributed by atoms with Gasteiger partial charge < -0.3 is 20.6 Å². The molecule has 1 saturated heterocycles. The van der Waals surface area contributed by atoms with Gasteiger partial charge in [-0.2, -0.15) is 13.2 Å². The third-order valence-electron chi connectivity index (χ3n) is 7.75. The summed E-state index contributed by atoms with van der Waals surface area (Å²) in [6, 6.07) is 6.30. The number of aliphatic hydroxyl groups is 1. The molecular formula is C29H33F3N6O3S. The van der Waals surface area contributed by atoms with Crippen molar-refractivity contribution in [1.82, 2.24) is 25.2 Å². The van der Waals surface area contributed by atoms with E-state index in [1.165, 1.54) is 11.3 Å². The van der Waals surface area contributed by atoms with Crippen LogP contribution in [0.15, 0.2) is 36.7 Å². The minimum atomic E-state index is -4.58. The Hall–Kier alpha value is -3.58. The third kappa shape index (κ3) is 7.06. The second kappa shape index (κ2) is 12.3. The smallest absolute Gasteiger partial charge is 0.383 e. The van der Waals surface area contributed by atoms with E-state index in [0.29, 0.717) is 55.9 Å². The highest BCUT2D eigenvalue weighted by Gasteiger charge is 2.39. The summed E-state index contributed by atoms with van der Waals surface area (Å²) in [5.74, 6) is -0.276. The quantitative estimate of drug-likeness (QED) is 0.325. The molecule has 1 aliphatic heterocycles. The Morgan fingerprint density at radius 1 is 1.19 bits per heavy atom. The van der Waals surface area contributed by atoms with Crippen LogP contribution in [0.3, 0.4) is 0 Å². The first kappa shape index (κ1) is 29.9. The predicted molar refractivity (Wildman–Crippen MR) is 152 cm³/mol. The van der Waals surface area contributed by atoms with Crippen LogP contribution in [-0.4, -0.2) is 56.4 Å². The number of piperidine rings is 1. The Morgan fingerprint density at radius 3 is 2.71 bits per heavy atom. The van der Waals surface area contributed by atoms with Gasteiger partial charge in [-0.1, -0.05) is 6.07 Å². The number of rotatable bonds is 8. The highest BCUT2D eigenvalue weighted by atomic mass is 32.1. The lowest BCUT2D eigenvalue weighted by molar-refractivity contribution is -0.141. The Bertz CT molecular complexity index is 1440. The Labute approximate surface area is 245 Å². The zero-order chi connectivity index (χ0) is 29.9. The topological polar surface area (TPSA) is 120 Å². The first-order valence-electron chi connectivity index (χ1n) is 14.0. The molecule has 2 aromatic heterocycles. The molecule has 42 heavy (non-hydrogen) atoms. The van der Waals surface area contributed by atoms with Crippen molar-refractivity contribution in [3.05, 3.63) is 52.9 Å². The van der Waals surface area contributed by atoms with Gasteiger partial charge in [-0.15, -0.1) is 11.3 Å². The van der Waals surface area contributed by atoms with Crippen LogP contribution in [0, 0.1) is 12.8 Å². The number of carbonyl (C=O) groups is 2. The minimum Gasteiger partial charge on any atom is -0.383 e. The van der Waals surface area contributed by atoms with Crippen LogP contribution in [0.1, 0.15) is 61.2 Å². The molecule has 2 amide bonds. The molecule has 1 saturated carbocycles. The molecule has 1 aromatic carbocycles. The summed E-state index contributed by atoms with van der Waals surface area (Å²) in [6.07, 6.45) is 2.50. The first-order chi connectivity index (χ1) is 20.0. The minimum absolute atomic E-state index is 0.0501. The Morgan fingerprint density at radius 2 is 1.98 bits per heavy atom. The van der Waals surface area contributed by atoms with E-state index in [9.17, 15) is 27.9 Å². The normalized spacial score (nSPS) is 21.3. The molecule has 5 rings (SSSR count). The lowest BCUT2D eigenvalue weighted by Crippen LogP contribution is -2.43. The molecule has 1 aliphatic carbocycles. The van der Waals surface area contributed by atoms with Gasteiger partial charge >= 0.3 is 6.18 Å². The molecule has 0 bridgehead atoms. The van der Waals surface area contributed by atoms with Crippen molar-refractivity contribution in [2.45, 2.75) is 63.6 Å². The predicted octanol–water partition coefficient (Wildman–Crippen LogP) is 5.18. The fourth-order valence-electron chi connectivity index (χ4n) is 5.45. The van der Waals surface area contributed by atoms with E-state index in [4.69, 9.17) is 0 Å². The average molecular weight is 603 g/mol. The number of aryl methyl sites for hydroxylation is 1. The number of hydrogen-bond acceptors (Lipinski definition) is 8.